The number of nitro benzene ring substituents is 1. The first-order valence-electron chi connectivity index (χ1n) is 12.4. The lowest BCUT2D eigenvalue weighted by molar-refractivity contribution is -0.388. The first-order valence-corrected chi connectivity index (χ1v) is 12.4. The van der Waals surface area contributed by atoms with E-state index in [1.54, 1.807) is 12.1 Å². The summed E-state index contributed by atoms with van der Waals surface area (Å²) in [5.74, 6) is -1.56. The molecule has 0 saturated heterocycles. The third kappa shape index (κ3) is 7.44. The van der Waals surface area contributed by atoms with Crippen molar-refractivity contribution in [3.63, 3.8) is 0 Å². The van der Waals surface area contributed by atoms with Gasteiger partial charge in [-0.25, -0.2) is 0 Å². The van der Waals surface area contributed by atoms with E-state index in [0.29, 0.717) is 31.4 Å². The van der Waals surface area contributed by atoms with Crippen molar-refractivity contribution in [2.75, 3.05) is 23.8 Å². The molecule has 0 bridgehead atoms. The highest BCUT2D eigenvalue weighted by molar-refractivity contribution is 6.39. The standard InChI is InChI=1S/C27H27F3N4O5/c28-27(29,30)23-16-21(9-12-24(23)34(37)38)32-19-7-10-22(11-8-19)39-14-13-31-25(35)26(36)33-20-6-5-17-3-1-2-4-18(17)15-20/h1-6,9,12,15-16,19,22,32H,7-8,10-11,13-14H2,(H,31,35)(H,33,36)/t19-,22-. The zero-order valence-corrected chi connectivity index (χ0v) is 20.8. The molecule has 0 unspecified atom stereocenters. The predicted octanol–water partition coefficient (Wildman–Crippen LogP) is 5.26. The van der Waals surface area contributed by atoms with Crippen LogP contribution < -0.4 is 16.0 Å². The molecule has 2 amide bonds. The second kappa shape index (κ2) is 12.1. The number of fused-ring (bicyclic) bond motifs is 1. The van der Waals surface area contributed by atoms with Crippen molar-refractivity contribution in [1.29, 1.82) is 0 Å². The summed E-state index contributed by atoms with van der Waals surface area (Å²) in [5, 5.41) is 21.0. The molecule has 39 heavy (non-hydrogen) atoms. The SMILES string of the molecule is O=C(NCCO[C@H]1CC[C@H](Nc2ccc([N+](=O)[O-])c(C(F)(F)F)c2)CC1)C(=O)Nc1ccc2ccccc2c1. The van der Waals surface area contributed by atoms with Crippen molar-refractivity contribution >= 4 is 39.6 Å². The molecule has 12 heteroatoms. The van der Waals surface area contributed by atoms with Crippen LogP contribution in [0.2, 0.25) is 0 Å². The molecule has 1 saturated carbocycles. The maximum atomic E-state index is 13.2. The van der Waals surface area contributed by atoms with Gasteiger partial charge >= 0.3 is 18.0 Å². The first-order chi connectivity index (χ1) is 18.6. The van der Waals surface area contributed by atoms with Crippen LogP contribution in [0.4, 0.5) is 30.2 Å². The van der Waals surface area contributed by atoms with Gasteiger partial charge < -0.3 is 20.7 Å². The largest absolute Gasteiger partial charge is 0.423 e. The normalized spacial score (nSPS) is 17.4. The van der Waals surface area contributed by atoms with Crippen LogP contribution in [0.5, 0.6) is 0 Å². The molecule has 4 rings (SSSR count). The first kappa shape index (κ1) is 27.8. The Bertz CT molecular complexity index is 1360. The third-order valence-corrected chi connectivity index (χ3v) is 6.50. The predicted molar refractivity (Wildman–Crippen MR) is 139 cm³/mol. The van der Waals surface area contributed by atoms with E-state index < -0.39 is 34.2 Å². The highest BCUT2D eigenvalue weighted by Crippen LogP contribution is 2.38. The number of alkyl halides is 3. The fourth-order valence-corrected chi connectivity index (χ4v) is 4.55. The molecule has 1 aliphatic rings. The minimum atomic E-state index is -4.84. The van der Waals surface area contributed by atoms with E-state index >= 15 is 0 Å². The van der Waals surface area contributed by atoms with Gasteiger partial charge in [-0.2, -0.15) is 13.2 Å². The van der Waals surface area contributed by atoms with Crippen molar-refractivity contribution in [2.45, 2.75) is 44.0 Å². The summed E-state index contributed by atoms with van der Waals surface area (Å²) < 4.78 is 45.4. The maximum Gasteiger partial charge on any atom is 0.423 e. The number of nitro groups is 1. The number of nitrogens with one attached hydrogen (secondary N) is 3. The van der Waals surface area contributed by atoms with Crippen LogP contribution in [0.15, 0.2) is 60.7 Å². The number of halogens is 3. The molecule has 1 aliphatic carbocycles. The average molecular weight is 545 g/mol. The highest BCUT2D eigenvalue weighted by Gasteiger charge is 2.38. The van der Waals surface area contributed by atoms with Gasteiger partial charge in [0.1, 0.15) is 5.56 Å². The molecule has 1 fully saturated rings. The van der Waals surface area contributed by atoms with Crippen molar-refractivity contribution in [1.82, 2.24) is 5.32 Å². The fourth-order valence-electron chi connectivity index (χ4n) is 4.55. The molecule has 0 spiro atoms. The van der Waals surface area contributed by atoms with Gasteiger partial charge in [0.25, 0.3) is 5.69 Å². The molecule has 0 heterocycles. The number of nitrogens with zero attached hydrogens (tertiary/aromatic N) is 1. The summed E-state index contributed by atoms with van der Waals surface area (Å²) in [6, 6.07) is 15.8. The van der Waals surface area contributed by atoms with Gasteiger partial charge in [0, 0.05) is 30.0 Å². The van der Waals surface area contributed by atoms with Gasteiger partial charge in [-0.3, -0.25) is 19.7 Å². The number of rotatable bonds is 8. The van der Waals surface area contributed by atoms with Crippen LogP contribution in [0.3, 0.4) is 0 Å². The van der Waals surface area contributed by atoms with E-state index in [1.807, 2.05) is 30.3 Å². The Balaban J connectivity index is 1.16. The Morgan fingerprint density at radius 2 is 1.62 bits per heavy atom. The van der Waals surface area contributed by atoms with Gasteiger partial charge in [0.15, 0.2) is 0 Å². The van der Waals surface area contributed by atoms with Gasteiger partial charge in [-0.15, -0.1) is 0 Å². The van der Waals surface area contributed by atoms with E-state index in [4.69, 9.17) is 4.74 Å². The lowest BCUT2D eigenvalue weighted by atomic mass is 9.92. The molecule has 0 atom stereocenters. The van der Waals surface area contributed by atoms with Crippen LogP contribution in [-0.2, 0) is 20.5 Å². The van der Waals surface area contributed by atoms with Crippen molar-refractivity contribution < 1.29 is 32.4 Å². The summed E-state index contributed by atoms with van der Waals surface area (Å²) in [4.78, 5) is 34.2. The number of benzene rings is 3. The smallest absolute Gasteiger partial charge is 0.382 e. The number of hydrogen-bond donors (Lipinski definition) is 3. The summed E-state index contributed by atoms with van der Waals surface area (Å²) in [7, 11) is 0. The molecule has 3 aromatic rings. The molecule has 3 N–H and O–H groups in total. The van der Waals surface area contributed by atoms with E-state index in [-0.39, 0.29) is 31.0 Å². The molecule has 3 aromatic carbocycles. The van der Waals surface area contributed by atoms with Crippen molar-refractivity contribution in [2.24, 2.45) is 0 Å². The Labute approximate surface area is 221 Å². The van der Waals surface area contributed by atoms with Crippen LogP contribution in [0.25, 0.3) is 10.8 Å². The van der Waals surface area contributed by atoms with Gasteiger partial charge in [-0.1, -0.05) is 30.3 Å². The Hall–Kier alpha value is -4.19. The van der Waals surface area contributed by atoms with E-state index in [9.17, 15) is 32.9 Å². The van der Waals surface area contributed by atoms with Gasteiger partial charge in [0.2, 0.25) is 0 Å². The molecule has 9 nitrogen and oxygen atoms in total. The minimum Gasteiger partial charge on any atom is -0.382 e. The Morgan fingerprint density at radius 3 is 2.31 bits per heavy atom. The Morgan fingerprint density at radius 1 is 0.923 bits per heavy atom. The molecule has 0 aromatic heterocycles. The van der Waals surface area contributed by atoms with Crippen LogP contribution in [0.1, 0.15) is 31.2 Å². The molecular formula is C27H27F3N4O5. The lowest BCUT2D eigenvalue weighted by Crippen LogP contribution is -2.38. The monoisotopic (exact) mass is 544 g/mol. The maximum absolute atomic E-state index is 13.2. The van der Waals surface area contributed by atoms with Crippen molar-refractivity contribution in [3.05, 3.63) is 76.3 Å². The zero-order valence-electron chi connectivity index (χ0n) is 20.8. The summed E-state index contributed by atoms with van der Waals surface area (Å²) >= 11 is 0. The van der Waals surface area contributed by atoms with Crippen LogP contribution >= 0.6 is 0 Å². The number of carbonyl (C=O) groups is 2. The number of hydrogen-bond acceptors (Lipinski definition) is 6. The van der Waals surface area contributed by atoms with Crippen LogP contribution in [-0.4, -0.2) is 42.0 Å². The minimum absolute atomic E-state index is 0.0889. The van der Waals surface area contributed by atoms with Gasteiger partial charge in [0.05, 0.1) is 17.6 Å². The van der Waals surface area contributed by atoms with Gasteiger partial charge in [-0.05, 0) is 60.7 Å². The number of carbonyl (C=O) groups excluding carboxylic acids is 2. The molecule has 0 radical (unpaired) electrons. The molecule has 0 aliphatic heterocycles. The quantitative estimate of drug-likeness (QED) is 0.154. The van der Waals surface area contributed by atoms with Crippen molar-refractivity contribution in [3.8, 4) is 0 Å². The number of ether oxygens (including phenoxy) is 1. The Kier molecular flexibility index (Phi) is 8.65. The second-order valence-electron chi connectivity index (χ2n) is 9.25. The fraction of sp³-hybridized carbons (Fsp3) is 0.333. The average Bonchev–Trinajstić information content (AvgIpc) is 2.91. The topological polar surface area (TPSA) is 123 Å². The zero-order chi connectivity index (χ0) is 28.0. The third-order valence-electron chi connectivity index (χ3n) is 6.50. The second-order valence-corrected chi connectivity index (χ2v) is 9.25. The summed E-state index contributed by atoms with van der Waals surface area (Å²) in [6.45, 7) is 0.347. The van der Waals surface area contributed by atoms with E-state index in [2.05, 4.69) is 16.0 Å². The number of amides is 2. The van der Waals surface area contributed by atoms with Crippen LogP contribution in [0, 0.1) is 10.1 Å². The molecular weight excluding hydrogens is 517 g/mol. The van der Waals surface area contributed by atoms with E-state index in [0.717, 1.165) is 22.9 Å². The summed E-state index contributed by atoms with van der Waals surface area (Å²) in [5.41, 5.74) is -1.59. The highest BCUT2D eigenvalue weighted by atomic mass is 19.4. The van der Waals surface area contributed by atoms with E-state index in [1.165, 1.54) is 6.07 Å². The lowest BCUT2D eigenvalue weighted by Gasteiger charge is -2.30. The molecule has 206 valence electrons. The number of anilines is 2. The summed E-state index contributed by atoms with van der Waals surface area (Å²) in [6.07, 6.45) is -2.38.